The number of rotatable bonds is 5. The molecule has 0 bridgehead atoms. The zero-order chi connectivity index (χ0) is 24.7. The van der Waals surface area contributed by atoms with Crippen LogP contribution in [-0.4, -0.2) is 52.7 Å². The Balaban J connectivity index is 1.80. The van der Waals surface area contributed by atoms with Crippen molar-refractivity contribution in [1.29, 1.82) is 0 Å². The second-order valence-corrected chi connectivity index (χ2v) is 10.4. The van der Waals surface area contributed by atoms with Gasteiger partial charge in [-0.05, 0) is 23.8 Å². The smallest absolute Gasteiger partial charge is 0.418 e. The van der Waals surface area contributed by atoms with E-state index in [2.05, 4.69) is 0 Å². The number of ether oxygens (including phenoxy) is 2. The Kier molecular flexibility index (Phi) is 6.09. The van der Waals surface area contributed by atoms with Crippen LogP contribution in [-0.2, 0) is 37.6 Å². The Morgan fingerprint density at radius 3 is 2.46 bits per heavy atom. The molecule has 1 spiro atoms. The minimum absolute atomic E-state index is 0.0114. The number of amides is 1. The number of benzene rings is 2. The fourth-order valence-electron chi connectivity index (χ4n) is 5.96. The fraction of sp³-hybridized carbons (Fsp3) is 0.370. The highest BCUT2D eigenvalue weighted by atomic mass is 32.2. The third-order valence-electron chi connectivity index (χ3n) is 7.29. The van der Waals surface area contributed by atoms with Crippen molar-refractivity contribution in [1.82, 2.24) is 9.47 Å². The summed E-state index contributed by atoms with van der Waals surface area (Å²) < 4.78 is 12.0. The highest BCUT2D eigenvalue weighted by Crippen LogP contribution is 2.57. The molecule has 1 aliphatic carbocycles. The van der Waals surface area contributed by atoms with E-state index < -0.39 is 17.6 Å². The number of methoxy groups -OCH3 is 2. The van der Waals surface area contributed by atoms with Crippen molar-refractivity contribution >= 4 is 40.6 Å². The van der Waals surface area contributed by atoms with Gasteiger partial charge in [-0.2, -0.15) is 0 Å². The number of hydrogen-bond acceptors (Lipinski definition) is 6. The quantitative estimate of drug-likeness (QED) is 0.493. The summed E-state index contributed by atoms with van der Waals surface area (Å²) in [6.45, 7) is 2.40. The maximum Gasteiger partial charge on any atom is 0.418 e. The normalized spacial score (nSPS) is 23.2. The van der Waals surface area contributed by atoms with Crippen molar-refractivity contribution in [3.05, 3.63) is 71.4 Å². The van der Waals surface area contributed by atoms with Crippen molar-refractivity contribution in [3.63, 3.8) is 0 Å². The number of aromatic nitrogens is 1. The first-order valence-corrected chi connectivity index (χ1v) is 12.8. The minimum Gasteiger partial charge on any atom is -0.469 e. The first-order valence-electron chi connectivity index (χ1n) is 11.7. The first-order chi connectivity index (χ1) is 17.0. The number of carbonyl (C=O) groups excluding carboxylic acids is 3. The Bertz CT molecular complexity index is 1300. The molecule has 1 aromatic heterocycles. The standard InChI is InChI=1S/C27H28N2O5S/c1-4-35-22-15-27(28(24(22)30)16-17-10-6-5-7-11-17)19(25(31)33-2)14-21-23(27)18-12-8-9-13-20(18)29(21)26(32)34-3/h5-13,19,22H,4,14-16H2,1-3H3/t19-,22?,27-/m0/s1. The molecule has 182 valence electrons. The van der Waals surface area contributed by atoms with Crippen LogP contribution in [0.4, 0.5) is 4.79 Å². The number of likely N-dealkylation sites (tertiary alicyclic amines) is 1. The van der Waals surface area contributed by atoms with Gasteiger partial charge >= 0.3 is 12.1 Å². The van der Waals surface area contributed by atoms with Gasteiger partial charge in [0.1, 0.15) is 0 Å². The molecule has 2 aromatic carbocycles. The highest BCUT2D eigenvalue weighted by molar-refractivity contribution is 8.00. The Morgan fingerprint density at radius 2 is 1.77 bits per heavy atom. The molecule has 0 radical (unpaired) electrons. The first kappa shape index (κ1) is 23.5. The lowest BCUT2D eigenvalue weighted by molar-refractivity contribution is -0.152. The number of carbonyl (C=O) groups is 3. The lowest BCUT2D eigenvalue weighted by Crippen LogP contribution is -2.49. The van der Waals surface area contributed by atoms with Crippen LogP contribution < -0.4 is 0 Å². The average molecular weight is 493 g/mol. The van der Waals surface area contributed by atoms with E-state index in [0.29, 0.717) is 24.2 Å². The van der Waals surface area contributed by atoms with E-state index >= 15 is 0 Å². The third-order valence-corrected chi connectivity index (χ3v) is 8.40. The van der Waals surface area contributed by atoms with Crippen molar-refractivity contribution in [2.45, 2.75) is 37.1 Å². The number of hydrogen-bond donors (Lipinski definition) is 0. The molecule has 0 saturated carbocycles. The summed E-state index contributed by atoms with van der Waals surface area (Å²) in [5.74, 6) is -0.217. The lowest BCUT2D eigenvalue weighted by atomic mass is 9.79. The molecule has 35 heavy (non-hydrogen) atoms. The van der Waals surface area contributed by atoms with Gasteiger partial charge in [-0.25, -0.2) is 9.36 Å². The summed E-state index contributed by atoms with van der Waals surface area (Å²) in [7, 11) is 2.73. The zero-order valence-corrected chi connectivity index (χ0v) is 20.8. The topological polar surface area (TPSA) is 77.8 Å². The number of para-hydroxylation sites is 1. The molecular formula is C27H28N2O5S. The second kappa shape index (κ2) is 9.07. The van der Waals surface area contributed by atoms with E-state index in [1.165, 1.54) is 14.2 Å². The summed E-state index contributed by atoms with van der Waals surface area (Å²) >= 11 is 1.60. The molecule has 5 rings (SSSR count). The Morgan fingerprint density at radius 1 is 1.06 bits per heavy atom. The van der Waals surface area contributed by atoms with Gasteiger partial charge in [0.2, 0.25) is 5.91 Å². The number of esters is 1. The van der Waals surface area contributed by atoms with E-state index in [1.807, 2.05) is 66.4 Å². The van der Waals surface area contributed by atoms with Crippen LogP contribution in [0.15, 0.2) is 54.6 Å². The molecule has 1 amide bonds. The molecule has 2 heterocycles. The molecule has 1 aliphatic heterocycles. The van der Waals surface area contributed by atoms with Gasteiger partial charge in [-0.15, -0.1) is 11.8 Å². The molecule has 8 heteroatoms. The zero-order valence-electron chi connectivity index (χ0n) is 20.0. The van der Waals surface area contributed by atoms with Gasteiger partial charge in [0, 0.05) is 29.6 Å². The van der Waals surface area contributed by atoms with Gasteiger partial charge in [0.15, 0.2) is 0 Å². The summed E-state index contributed by atoms with van der Waals surface area (Å²) in [5, 5.41) is 0.564. The largest absolute Gasteiger partial charge is 0.469 e. The van der Waals surface area contributed by atoms with E-state index in [4.69, 9.17) is 9.47 Å². The van der Waals surface area contributed by atoms with E-state index in [-0.39, 0.29) is 23.5 Å². The molecular weight excluding hydrogens is 464 g/mol. The lowest BCUT2D eigenvalue weighted by Gasteiger charge is -2.39. The van der Waals surface area contributed by atoms with E-state index in [0.717, 1.165) is 22.3 Å². The Hall–Kier alpha value is -3.26. The van der Waals surface area contributed by atoms with Gasteiger partial charge in [-0.3, -0.25) is 9.59 Å². The summed E-state index contributed by atoms with van der Waals surface area (Å²) in [6.07, 6.45) is 0.244. The fourth-order valence-corrected chi connectivity index (χ4v) is 7.00. The van der Waals surface area contributed by atoms with Crippen LogP contribution in [0, 0.1) is 5.92 Å². The van der Waals surface area contributed by atoms with Crippen LogP contribution in [0.5, 0.6) is 0 Å². The predicted octanol–water partition coefficient (Wildman–Crippen LogP) is 4.35. The molecule has 3 aromatic rings. The van der Waals surface area contributed by atoms with Crippen molar-refractivity contribution in [3.8, 4) is 0 Å². The molecule has 3 atom stereocenters. The van der Waals surface area contributed by atoms with E-state index in [9.17, 15) is 14.4 Å². The minimum atomic E-state index is -0.930. The van der Waals surface area contributed by atoms with Gasteiger partial charge in [0.25, 0.3) is 0 Å². The molecule has 1 unspecified atom stereocenters. The van der Waals surface area contributed by atoms with Crippen LogP contribution in [0.3, 0.4) is 0 Å². The molecule has 1 saturated heterocycles. The summed E-state index contributed by atoms with van der Waals surface area (Å²) in [4.78, 5) is 42.0. The van der Waals surface area contributed by atoms with Gasteiger partial charge < -0.3 is 14.4 Å². The molecule has 1 fully saturated rings. The summed E-state index contributed by atoms with van der Waals surface area (Å²) in [5.41, 5.74) is 2.34. The predicted molar refractivity (Wildman–Crippen MR) is 134 cm³/mol. The second-order valence-electron chi connectivity index (χ2n) is 8.91. The van der Waals surface area contributed by atoms with Crippen LogP contribution in [0.1, 0.15) is 30.2 Å². The highest BCUT2D eigenvalue weighted by Gasteiger charge is 2.63. The van der Waals surface area contributed by atoms with Gasteiger partial charge in [-0.1, -0.05) is 55.5 Å². The number of fused-ring (bicyclic) bond motifs is 4. The maximum absolute atomic E-state index is 13.9. The van der Waals surface area contributed by atoms with Crippen molar-refractivity contribution in [2.75, 3.05) is 20.0 Å². The van der Waals surface area contributed by atoms with E-state index in [1.54, 1.807) is 16.3 Å². The summed E-state index contributed by atoms with van der Waals surface area (Å²) in [6, 6.07) is 17.4. The Labute approximate surface area is 208 Å². The van der Waals surface area contributed by atoms with Crippen LogP contribution >= 0.6 is 11.8 Å². The van der Waals surface area contributed by atoms with Gasteiger partial charge in [0.05, 0.1) is 36.4 Å². The number of nitrogens with zero attached hydrogens (tertiary/aromatic N) is 2. The number of thioether (sulfide) groups is 1. The average Bonchev–Trinajstić information content (AvgIpc) is 3.48. The van der Waals surface area contributed by atoms with Crippen molar-refractivity contribution in [2.24, 2.45) is 5.92 Å². The van der Waals surface area contributed by atoms with Crippen LogP contribution in [0.25, 0.3) is 10.9 Å². The van der Waals surface area contributed by atoms with Crippen LogP contribution in [0.2, 0.25) is 0 Å². The SMILES string of the molecule is CCSC1C[C@]2(c3c(n(C(=O)OC)c4ccccc34)C[C@H]2C(=O)OC)N(Cc2ccccc2)C1=O. The molecule has 7 nitrogen and oxygen atoms in total. The van der Waals surface area contributed by atoms with Crippen molar-refractivity contribution < 1.29 is 23.9 Å². The monoisotopic (exact) mass is 492 g/mol. The third kappa shape index (κ3) is 3.45. The molecule has 0 N–H and O–H groups in total. The maximum atomic E-state index is 13.9. The molecule has 2 aliphatic rings.